The topological polar surface area (TPSA) is 80.0 Å². The molecule has 7 heteroatoms. The molecule has 2 rings (SSSR count). The lowest BCUT2D eigenvalue weighted by atomic mass is 10.1. The van der Waals surface area contributed by atoms with Crippen molar-refractivity contribution in [2.45, 2.75) is 26.3 Å². The Hall–Kier alpha value is -1.60. The number of aromatic nitrogens is 1. The quantitative estimate of drug-likeness (QED) is 0.766. The maximum atomic E-state index is 12.2. The van der Waals surface area contributed by atoms with Crippen molar-refractivity contribution in [1.82, 2.24) is 10.3 Å². The molecule has 1 atom stereocenters. The smallest absolute Gasteiger partial charge is 0.265 e. The zero-order valence-corrected chi connectivity index (χ0v) is 13.1. The van der Waals surface area contributed by atoms with Crippen molar-refractivity contribution >= 4 is 39.5 Å². The van der Waals surface area contributed by atoms with Gasteiger partial charge in [-0.05, 0) is 42.7 Å². The lowest BCUT2D eigenvalue weighted by Crippen LogP contribution is -2.33. The molecule has 0 aromatic carbocycles. The highest BCUT2D eigenvalue weighted by Gasteiger charge is 2.17. The fourth-order valence-electron chi connectivity index (χ4n) is 1.82. The van der Waals surface area contributed by atoms with Crippen LogP contribution in [0.25, 0.3) is 0 Å². The number of nitrogens with zero attached hydrogens (tertiary/aromatic N) is 1. The molecule has 2 aromatic heterocycles. The highest BCUT2D eigenvalue weighted by molar-refractivity contribution is 7.18. The molecular formula is C13H18N4OS2. The second kappa shape index (κ2) is 6.71. The molecule has 1 unspecified atom stereocenters. The van der Waals surface area contributed by atoms with Crippen molar-refractivity contribution in [3.8, 4) is 0 Å². The summed E-state index contributed by atoms with van der Waals surface area (Å²) in [4.78, 5) is 16.8. The number of rotatable bonds is 6. The van der Waals surface area contributed by atoms with E-state index >= 15 is 0 Å². The van der Waals surface area contributed by atoms with Gasteiger partial charge in [-0.15, -0.1) is 0 Å². The van der Waals surface area contributed by atoms with Gasteiger partial charge in [0.15, 0.2) is 5.13 Å². The molecule has 0 aliphatic rings. The van der Waals surface area contributed by atoms with E-state index in [2.05, 4.69) is 27.1 Å². The van der Waals surface area contributed by atoms with Crippen molar-refractivity contribution in [3.63, 3.8) is 0 Å². The summed E-state index contributed by atoms with van der Waals surface area (Å²) in [5.41, 5.74) is 7.01. The Morgan fingerprint density at radius 2 is 2.35 bits per heavy atom. The first-order chi connectivity index (χ1) is 9.60. The van der Waals surface area contributed by atoms with Crippen LogP contribution < -0.4 is 16.4 Å². The predicted octanol–water partition coefficient (Wildman–Crippen LogP) is 2.58. The Morgan fingerprint density at radius 1 is 1.55 bits per heavy atom. The first-order valence-electron chi connectivity index (χ1n) is 6.42. The second-order valence-corrected chi connectivity index (χ2v) is 6.25. The van der Waals surface area contributed by atoms with E-state index in [0.29, 0.717) is 10.0 Å². The molecular weight excluding hydrogens is 292 g/mol. The highest BCUT2D eigenvalue weighted by atomic mass is 32.1. The second-order valence-electron chi connectivity index (χ2n) is 4.47. The molecule has 0 fully saturated rings. The van der Waals surface area contributed by atoms with E-state index in [9.17, 15) is 4.79 Å². The minimum absolute atomic E-state index is 0.0567. The van der Waals surface area contributed by atoms with Crippen LogP contribution in [0.1, 0.15) is 29.1 Å². The van der Waals surface area contributed by atoms with Crippen molar-refractivity contribution in [3.05, 3.63) is 27.3 Å². The van der Waals surface area contributed by atoms with E-state index in [4.69, 9.17) is 5.73 Å². The summed E-state index contributed by atoms with van der Waals surface area (Å²) in [6, 6.07) is 2.12. The first kappa shape index (κ1) is 14.8. The van der Waals surface area contributed by atoms with Gasteiger partial charge in [-0.3, -0.25) is 4.79 Å². The van der Waals surface area contributed by atoms with Crippen LogP contribution >= 0.6 is 22.7 Å². The molecule has 5 nitrogen and oxygen atoms in total. The number of hydrogen-bond acceptors (Lipinski definition) is 6. The summed E-state index contributed by atoms with van der Waals surface area (Å²) in [5, 5.41) is 10.8. The summed E-state index contributed by atoms with van der Waals surface area (Å²) in [6.07, 6.45) is 0.814. The average Bonchev–Trinajstić information content (AvgIpc) is 2.99. The van der Waals surface area contributed by atoms with Crippen LogP contribution in [0.2, 0.25) is 0 Å². The van der Waals surface area contributed by atoms with Crippen molar-refractivity contribution in [2.75, 3.05) is 17.6 Å². The molecule has 0 saturated heterocycles. The predicted molar refractivity (Wildman–Crippen MR) is 85.6 cm³/mol. The summed E-state index contributed by atoms with van der Waals surface area (Å²) in [5.74, 6) is 0.123. The number of carbonyl (C=O) groups excluding carboxylic acids is 1. The van der Waals surface area contributed by atoms with Crippen molar-refractivity contribution < 1.29 is 4.79 Å². The van der Waals surface area contributed by atoms with Crippen molar-refractivity contribution in [2.24, 2.45) is 0 Å². The Balaban J connectivity index is 1.97. The monoisotopic (exact) mass is 310 g/mol. The Morgan fingerprint density at radius 3 is 3.00 bits per heavy atom. The lowest BCUT2D eigenvalue weighted by Gasteiger charge is -2.12. The van der Waals surface area contributed by atoms with Crippen molar-refractivity contribution in [1.29, 1.82) is 0 Å². The molecule has 108 valence electrons. The fourth-order valence-corrected chi connectivity index (χ4v) is 3.36. The molecule has 0 saturated carbocycles. The number of amides is 1. The van der Waals surface area contributed by atoms with Crippen LogP contribution in [0, 0.1) is 0 Å². The molecule has 0 bridgehead atoms. The Kier molecular flexibility index (Phi) is 4.97. The molecule has 2 heterocycles. The maximum absolute atomic E-state index is 12.2. The summed E-state index contributed by atoms with van der Waals surface area (Å²) >= 11 is 2.94. The highest BCUT2D eigenvalue weighted by Crippen LogP contribution is 2.24. The van der Waals surface area contributed by atoms with E-state index in [1.165, 1.54) is 16.9 Å². The van der Waals surface area contributed by atoms with Gasteiger partial charge >= 0.3 is 0 Å². The number of nitrogens with one attached hydrogen (secondary N) is 2. The lowest BCUT2D eigenvalue weighted by molar-refractivity contribution is 0.0945. The first-order valence-corrected chi connectivity index (χ1v) is 8.18. The van der Waals surface area contributed by atoms with Gasteiger partial charge in [-0.25, -0.2) is 4.98 Å². The van der Waals surface area contributed by atoms with Gasteiger partial charge < -0.3 is 16.4 Å². The fraction of sp³-hybridized carbons (Fsp3) is 0.385. The third kappa shape index (κ3) is 3.71. The minimum Gasteiger partial charge on any atom is -0.382 e. The third-order valence-corrected chi connectivity index (χ3v) is 4.45. The van der Waals surface area contributed by atoms with E-state index in [1.54, 1.807) is 11.3 Å². The third-order valence-electron chi connectivity index (χ3n) is 2.69. The zero-order valence-electron chi connectivity index (χ0n) is 11.5. The Bertz CT molecular complexity index is 565. The van der Waals surface area contributed by atoms with Gasteiger partial charge in [0.2, 0.25) is 0 Å². The van der Waals surface area contributed by atoms with E-state index in [0.717, 1.165) is 13.0 Å². The molecule has 0 radical (unpaired) electrons. The summed E-state index contributed by atoms with van der Waals surface area (Å²) in [7, 11) is 0. The minimum atomic E-state index is -0.160. The van der Waals surface area contributed by atoms with Crippen LogP contribution in [0.3, 0.4) is 0 Å². The molecule has 4 N–H and O–H groups in total. The van der Waals surface area contributed by atoms with Gasteiger partial charge in [0.1, 0.15) is 10.7 Å². The van der Waals surface area contributed by atoms with E-state index < -0.39 is 0 Å². The van der Waals surface area contributed by atoms with Gasteiger partial charge in [0.25, 0.3) is 5.91 Å². The average molecular weight is 310 g/mol. The van der Waals surface area contributed by atoms with Crippen LogP contribution in [0.4, 0.5) is 10.9 Å². The molecule has 0 spiro atoms. The van der Waals surface area contributed by atoms with Crippen LogP contribution in [-0.2, 0) is 6.42 Å². The summed E-state index contributed by atoms with van der Waals surface area (Å²) < 4.78 is 0. The van der Waals surface area contributed by atoms with Gasteiger partial charge in [-0.1, -0.05) is 11.3 Å². The zero-order chi connectivity index (χ0) is 14.5. The van der Waals surface area contributed by atoms with E-state index in [-0.39, 0.29) is 17.8 Å². The number of carbonyl (C=O) groups is 1. The standard InChI is InChI=1S/C13H18N4OS2/c1-3-15-13-17-11(14)10(20-13)12(18)16-8(2)6-9-4-5-19-7-9/h4-5,7-8H,3,6,14H2,1-2H3,(H,15,17)(H,16,18). The number of thiazole rings is 1. The van der Waals surface area contributed by atoms with Crippen LogP contribution in [-0.4, -0.2) is 23.5 Å². The Labute approximate surface area is 126 Å². The number of thiophene rings is 1. The molecule has 1 amide bonds. The normalized spacial score (nSPS) is 12.1. The van der Waals surface area contributed by atoms with E-state index in [1.807, 2.05) is 19.2 Å². The SMILES string of the molecule is CCNc1nc(N)c(C(=O)NC(C)Cc2ccsc2)s1. The number of anilines is 2. The van der Waals surface area contributed by atoms with Crippen LogP contribution in [0.15, 0.2) is 16.8 Å². The maximum Gasteiger partial charge on any atom is 0.265 e. The molecule has 20 heavy (non-hydrogen) atoms. The van der Waals surface area contributed by atoms with Gasteiger partial charge in [-0.2, -0.15) is 11.3 Å². The number of hydrogen-bond donors (Lipinski definition) is 3. The largest absolute Gasteiger partial charge is 0.382 e. The number of nitrogen functional groups attached to an aromatic ring is 1. The van der Waals surface area contributed by atoms with Crippen LogP contribution in [0.5, 0.6) is 0 Å². The molecule has 0 aliphatic carbocycles. The molecule has 0 aliphatic heterocycles. The summed E-state index contributed by atoms with van der Waals surface area (Å²) in [6.45, 7) is 4.71. The number of nitrogens with two attached hydrogens (primary N) is 1. The molecule has 2 aromatic rings. The van der Waals surface area contributed by atoms with Gasteiger partial charge in [0.05, 0.1) is 0 Å². The van der Waals surface area contributed by atoms with Gasteiger partial charge in [0, 0.05) is 12.6 Å².